The summed E-state index contributed by atoms with van der Waals surface area (Å²) in [6, 6.07) is 12.0. The van der Waals surface area contributed by atoms with Crippen molar-refractivity contribution in [1.82, 2.24) is 0 Å². The molecule has 128 valence electrons. The van der Waals surface area contributed by atoms with Crippen LogP contribution < -0.4 is 11.1 Å². The second kappa shape index (κ2) is 7.61. The smallest absolute Gasteiger partial charge is 0.399 e. The number of carbonyl (C=O) groups excluding carboxylic acids is 1. The molecule has 24 heavy (non-hydrogen) atoms. The zero-order valence-corrected chi connectivity index (χ0v) is 13.7. The van der Waals surface area contributed by atoms with Crippen LogP contribution in [0.15, 0.2) is 53.4 Å². The zero-order valence-electron chi connectivity index (χ0n) is 12.9. The number of carbonyl (C=O) groups is 1. The minimum atomic E-state index is -4.52. The summed E-state index contributed by atoms with van der Waals surface area (Å²) in [5, 5.41) is 1.87. The molecule has 2 aromatic rings. The molecule has 0 bridgehead atoms. The summed E-state index contributed by atoms with van der Waals surface area (Å²) in [4.78, 5) is 13.2. The number of anilines is 2. The van der Waals surface area contributed by atoms with E-state index in [1.807, 2.05) is 0 Å². The van der Waals surface area contributed by atoms with Gasteiger partial charge < -0.3 is 11.1 Å². The van der Waals surface area contributed by atoms with E-state index in [4.69, 9.17) is 5.73 Å². The fourth-order valence-electron chi connectivity index (χ4n) is 2.13. The molecule has 3 N–H and O–H groups in total. The van der Waals surface area contributed by atoms with Crippen LogP contribution in [-0.4, -0.2) is 11.2 Å². The van der Waals surface area contributed by atoms with Crippen LogP contribution in [0.1, 0.15) is 18.9 Å². The van der Waals surface area contributed by atoms with E-state index in [0.29, 0.717) is 12.1 Å². The van der Waals surface area contributed by atoms with Crippen molar-refractivity contribution < 1.29 is 18.0 Å². The fraction of sp³-hybridized carbons (Fsp3) is 0.235. The molecule has 0 heterocycles. The topological polar surface area (TPSA) is 55.1 Å². The monoisotopic (exact) mass is 354 g/mol. The highest BCUT2D eigenvalue weighted by atomic mass is 32.2. The minimum Gasteiger partial charge on any atom is -0.399 e. The van der Waals surface area contributed by atoms with Crippen molar-refractivity contribution in [3.05, 3.63) is 54.1 Å². The lowest BCUT2D eigenvalue weighted by Crippen LogP contribution is -2.26. The van der Waals surface area contributed by atoms with Crippen LogP contribution in [0.4, 0.5) is 24.5 Å². The van der Waals surface area contributed by atoms with Gasteiger partial charge in [0.1, 0.15) is 0 Å². The molecule has 1 unspecified atom stereocenters. The molecule has 2 aromatic carbocycles. The maximum Gasteiger partial charge on any atom is 0.418 e. The number of hydrogen-bond acceptors (Lipinski definition) is 3. The number of alkyl halides is 3. The Bertz CT molecular complexity index is 719. The Balaban J connectivity index is 2.16. The molecule has 0 saturated heterocycles. The Morgan fingerprint density at radius 1 is 1.21 bits per heavy atom. The van der Waals surface area contributed by atoms with Crippen molar-refractivity contribution in [3.63, 3.8) is 0 Å². The summed E-state index contributed by atoms with van der Waals surface area (Å²) in [5.74, 6) is -0.471. The lowest BCUT2D eigenvalue weighted by Gasteiger charge is -2.18. The van der Waals surface area contributed by atoms with Crippen LogP contribution in [0.25, 0.3) is 0 Å². The van der Waals surface area contributed by atoms with E-state index in [2.05, 4.69) is 5.32 Å². The molecule has 0 aliphatic rings. The lowest BCUT2D eigenvalue weighted by atomic mass is 10.1. The molecule has 0 radical (unpaired) electrons. The summed E-state index contributed by atoms with van der Waals surface area (Å²) in [6.45, 7) is 1.80. The second-order valence-electron chi connectivity index (χ2n) is 5.12. The number of hydrogen-bond donors (Lipinski definition) is 2. The number of amides is 1. The summed E-state index contributed by atoms with van der Waals surface area (Å²) >= 11 is 1.27. The van der Waals surface area contributed by atoms with Gasteiger partial charge in [0.2, 0.25) is 5.91 Å². The molecule has 0 fully saturated rings. The van der Waals surface area contributed by atoms with Gasteiger partial charge in [0.25, 0.3) is 0 Å². The van der Waals surface area contributed by atoms with E-state index in [-0.39, 0.29) is 5.69 Å². The van der Waals surface area contributed by atoms with Gasteiger partial charge in [-0.3, -0.25) is 4.79 Å². The Hall–Kier alpha value is -2.15. The quantitative estimate of drug-likeness (QED) is 0.599. The third-order valence-electron chi connectivity index (χ3n) is 3.29. The normalized spacial score (nSPS) is 12.7. The van der Waals surface area contributed by atoms with E-state index in [1.54, 1.807) is 31.2 Å². The van der Waals surface area contributed by atoms with E-state index < -0.39 is 22.9 Å². The van der Waals surface area contributed by atoms with Gasteiger partial charge in [0.05, 0.1) is 16.5 Å². The third-order valence-corrected chi connectivity index (χ3v) is 4.65. The van der Waals surface area contributed by atoms with Gasteiger partial charge in [-0.15, -0.1) is 11.8 Å². The second-order valence-corrected chi connectivity index (χ2v) is 6.40. The Kier molecular flexibility index (Phi) is 5.77. The van der Waals surface area contributed by atoms with Gasteiger partial charge >= 0.3 is 6.18 Å². The van der Waals surface area contributed by atoms with E-state index in [1.165, 1.54) is 30.0 Å². The predicted octanol–water partition coefficient (Wildman–Crippen LogP) is 4.80. The van der Waals surface area contributed by atoms with Crippen molar-refractivity contribution in [2.45, 2.75) is 29.7 Å². The van der Waals surface area contributed by atoms with Gasteiger partial charge in [-0.25, -0.2) is 0 Å². The maximum absolute atomic E-state index is 13.0. The zero-order chi connectivity index (χ0) is 17.7. The first-order valence-electron chi connectivity index (χ1n) is 7.30. The molecule has 1 atom stereocenters. The third kappa shape index (κ3) is 4.67. The van der Waals surface area contributed by atoms with Crippen LogP contribution in [0, 0.1) is 0 Å². The lowest BCUT2D eigenvalue weighted by molar-refractivity contribution is -0.137. The average Bonchev–Trinajstić information content (AvgIpc) is 2.52. The van der Waals surface area contributed by atoms with Crippen LogP contribution in [0.5, 0.6) is 0 Å². The molecule has 0 spiro atoms. The molecule has 7 heteroatoms. The molecule has 0 aliphatic heterocycles. The van der Waals surface area contributed by atoms with Gasteiger partial charge in [-0.2, -0.15) is 13.2 Å². The number of nitrogens with one attached hydrogen (secondary N) is 1. The van der Waals surface area contributed by atoms with Crippen molar-refractivity contribution >= 4 is 29.0 Å². The van der Waals surface area contributed by atoms with Crippen LogP contribution >= 0.6 is 11.8 Å². The highest BCUT2D eigenvalue weighted by molar-refractivity contribution is 8.00. The first-order chi connectivity index (χ1) is 11.3. The fourth-order valence-corrected chi connectivity index (χ4v) is 3.15. The molecule has 0 aromatic heterocycles. The van der Waals surface area contributed by atoms with Crippen LogP contribution in [0.3, 0.4) is 0 Å². The summed E-state index contributed by atoms with van der Waals surface area (Å²) in [7, 11) is 0. The van der Waals surface area contributed by atoms with Gasteiger partial charge in [0.15, 0.2) is 0 Å². The van der Waals surface area contributed by atoms with Gasteiger partial charge in [-0.1, -0.05) is 25.1 Å². The average molecular weight is 354 g/mol. The van der Waals surface area contributed by atoms with Gasteiger partial charge in [-0.05, 0) is 36.8 Å². The summed E-state index contributed by atoms with van der Waals surface area (Å²) < 4.78 is 39.0. The Labute approximate surface area is 142 Å². The van der Waals surface area contributed by atoms with Crippen molar-refractivity contribution in [2.75, 3.05) is 11.1 Å². The first kappa shape index (κ1) is 18.2. The molecular weight excluding hydrogens is 337 g/mol. The van der Waals surface area contributed by atoms with Crippen molar-refractivity contribution in [1.29, 1.82) is 0 Å². The van der Waals surface area contributed by atoms with E-state index in [9.17, 15) is 18.0 Å². The first-order valence-corrected chi connectivity index (χ1v) is 8.18. The largest absolute Gasteiger partial charge is 0.418 e. The SMILES string of the molecule is CCC(Sc1cccc(N)c1)C(=O)Nc1ccccc1C(F)(F)F. The molecule has 0 aliphatic carbocycles. The molecular formula is C17H17F3N2OS. The highest BCUT2D eigenvalue weighted by Crippen LogP contribution is 2.35. The van der Waals surface area contributed by atoms with Crippen molar-refractivity contribution in [2.24, 2.45) is 0 Å². The molecule has 0 saturated carbocycles. The summed E-state index contributed by atoms with van der Waals surface area (Å²) in [5.41, 5.74) is 5.18. The molecule has 2 rings (SSSR count). The number of nitrogen functional groups attached to an aromatic ring is 1. The summed E-state index contributed by atoms with van der Waals surface area (Å²) in [6.07, 6.45) is -4.05. The van der Waals surface area contributed by atoms with Crippen molar-refractivity contribution in [3.8, 4) is 0 Å². The van der Waals surface area contributed by atoms with E-state index >= 15 is 0 Å². The predicted molar refractivity (Wildman–Crippen MR) is 90.9 cm³/mol. The molecule has 3 nitrogen and oxygen atoms in total. The number of thioether (sulfide) groups is 1. The molecule has 1 amide bonds. The number of rotatable bonds is 5. The Morgan fingerprint density at radius 3 is 2.54 bits per heavy atom. The number of benzene rings is 2. The maximum atomic E-state index is 13.0. The van der Waals surface area contributed by atoms with Crippen LogP contribution in [0.2, 0.25) is 0 Å². The number of nitrogens with two attached hydrogens (primary N) is 1. The Morgan fingerprint density at radius 2 is 1.92 bits per heavy atom. The number of para-hydroxylation sites is 1. The number of halogens is 3. The van der Waals surface area contributed by atoms with E-state index in [0.717, 1.165) is 11.0 Å². The highest BCUT2D eigenvalue weighted by Gasteiger charge is 2.34. The van der Waals surface area contributed by atoms with Gasteiger partial charge in [0, 0.05) is 10.6 Å². The standard InChI is InChI=1S/C17H17F3N2OS/c1-2-15(24-12-7-5-6-11(21)10-12)16(23)22-14-9-4-3-8-13(14)17(18,19)20/h3-10,15H,2,21H2,1H3,(H,22,23). The van der Waals surface area contributed by atoms with Crippen LogP contribution in [-0.2, 0) is 11.0 Å². The minimum absolute atomic E-state index is 0.235.